The molecule has 122 valence electrons. The summed E-state index contributed by atoms with van der Waals surface area (Å²) in [6.45, 7) is 3.55. The van der Waals surface area contributed by atoms with Gasteiger partial charge in [-0.1, -0.05) is 11.8 Å². The fourth-order valence-electron chi connectivity index (χ4n) is 1.89. The Bertz CT molecular complexity index is 818. The standard InChI is InChI=1S/C14H15N3O5S/c1-4-21-12(19)8-6-7-9(10(15-8)13(20)22-5-2)11(18)17-14(16-7)23-3/h6H,4-5H2,1-3H3,(H,16,17,18). The number of thioether (sulfide) groups is 1. The zero-order chi connectivity index (χ0) is 17.0. The Balaban J connectivity index is 2.75. The van der Waals surface area contributed by atoms with E-state index in [1.54, 1.807) is 20.1 Å². The summed E-state index contributed by atoms with van der Waals surface area (Å²) in [5.41, 5.74) is -0.703. The van der Waals surface area contributed by atoms with E-state index in [-0.39, 0.29) is 35.5 Å². The molecular weight excluding hydrogens is 322 g/mol. The van der Waals surface area contributed by atoms with Gasteiger partial charge in [0.25, 0.3) is 5.56 Å². The molecule has 0 aliphatic heterocycles. The Labute approximate surface area is 135 Å². The fourth-order valence-corrected chi connectivity index (χ4v) is 2.28. The Morgan fingerprint density at radius 2 is 1.83 bits per heavy atom. The summed E-state index contributed by atoms with van der Waals surface area (Å²) in [5, 5.41) is 0.340. The molecule has 2 rings (SSSR count). The first-order chi connectivity index (χ1) is 11.0. The first-order valence-electron chi connectivity index (χ1n) is 6.85. The SMILES string of the molecule is CCOC(=O)c1cc2nc(SC)[nH]c(=O)c2c(C(=O)OCC)n1. The molecule has 0 spiro atoms. The minimum atomic E-state index is -0.798. The van der Waals surface area contributed by atoms with Crippen LogP contribution in [0.3, 0.4) is 0 Å². The lowest BCUT2D eigenvalue weighted by atomic mass is 10.2. The van der Waals surface area contributed by atoms with E-state index in [1.807, 2.05) is 0 Å². The Morgan fingerprint density at radius 1 is 1.17 bits per heavy atom. The number of nitrogens with zero attached hydrogens (tertiary/aromatic N) is 2. The molecule has 23 heavy (non-hydrogen) atoms. The summed E-state index contributed by atoms with van der Waals surface area (Å²) in [7, 11) is 0. The van der Waals surface area contributed by atoms with Crippen LogP contribution in [-0.2, 0) is 9.47 Å². The van der Waals surface area contributed by atoms with Crippen LogP contribution in [0.5, 0.6) is 0 Å². The van der Waals surface area contributed by atoms with E-state index < -0.39 is 17.5 Å². The van der Waals surface area contributed by atoms with Gasteiger partial charge in [-0.15, -0.1) is 0 Å². The summed E-state index contributed by atoms with van der Waals surface area (Å²) in [6.07, 6.45) is 1.74. The highest BCUT2D eigenvalue weighted by Crippen LogP contribution is 2.17. The number of aromatic nitrogens is 3. The maximum atomic E-state index is 12.2. The summed E-state index contributed by atoms with van der Waals surface area (Å²) < 4.78 is 9.79. The lowest BCUT2D eigenvalue weighted by Gasteiger charge is -2.08. The third-order valence-electron chi connectivity index (χ3n) is 2.81. The smallest absolute Gasteiger partial charge is 0.357 e. The number of rotatable bonds is 5. The van der Waals surface area contributed by atoms with Crippen molar-refractivity contribution in [3.8, 4) is 0 Å². The van der Waals surface area contributed by atoms with Crippen LogP contribution >= 0.6 is 11.8 Å². The van der Waals surface area contributed by atoms with Gasteiger partial charge in [0.1, 0.15) is 0 Å². The second-order valence-corrected chi connectivity index (χ2v) is 5.06. The number of carbonyl (C=O) groups excluding carboxylic acids is 2. The van der Waals surface area contributed by atoms with Crippen molar-refractivity contribution in [2.45, 2.75) is 19.0 Å². The van der Waals surface area contributed by atoms with Crippen LogP contribution in [0.1, 0.15) is 34.8 Å². The van der Waals surface area contributed by atoms with Crippen LogP contribution in [0.25, 0.3) is 10.9 Å². The predicted molar refractivity (Wildman–Crippen MR) is 83.9 cm³/mol. The maximum absolute atomic E-state index is 12.2. The van der Waals surface area contributed by atoms with Gasteiger partial charge in [-0.3, -0.25) is 4.79 Å². The zero-order valence-electron chi connectivity index (χ0n) is 12.8. The number of carbonyl (C=O) groups is 2. The van der Waals surface area contributed by atoms with Gasteiger partial charge in [-0.05, 0) is 26.2 Å². The minimum Gasteiger partial charge on any atom is -0.461 e. The molecule has 0 unspecified atom stereocenters. The number of H-pyrrole nitrogens is 1. The van der Waals surface area contributed by atoms with Crippen LogP contribution in [-0.4, -0.2) is 46.4 Å². The quantitative estimate of drug-likeness (QED) is 0.495. The number of ether oxygens (including phenoxy) is 2. The Hall–Kier alpha value is -2.42. The molecule has 0 aliphatic rings. The maximum Gasteiger partial charge on any atom is 0.357 e. The van der Waals surface area contributed by atoms with Crippen molar-refractivity contribution in [3.63, 3.8) is 0 Å². The Morgan fingerprint density at radius 3 is 2.43 bits per heavy atom. The number of hydrogen-bond donors (Lipinski definition) is 1. The monoisotopic (exact) mass is 337 g/mol. The first-order valence-corrected chi connectivity index (χ1v) is 8.07. The van der Waals surface area contributed by atoms with Crippen molar-refractivity contribution in [2.24, 2.45) is 0 Å². The van der Waals surface area contributed by atoms with Crippen molar-refractivity contribution < 1.29 is 19.1 Å². The number of esters is 2. The summed E-state index contributed by atoms with van der Waals surface area (Å²) in [5.74, 6) is -1.50. The van der Waals surface area contributed by atoms with E-state index in [2.05, 4.69) is 15.0 Å². The van der Waals surface area contributed by atoms with Gasteiger partial charge < -0.3 is 14.5 Å². The minimum absolute atomic E-state index is 0.0192. The number of nitrogens with one attached hydrogen (secondary N) is 1. The van der Waals surface area contributed by atoms with Crippen LogP contribution in [0.4, 0.5) is 0 Å². The molecule has 9 heteroatoms. The first kappa shape index (κ1) is 16.9. The lowest BCUT2D eigenvalue weighted by molar-refractivity contribution is 0.0513. The summed E-state index contributed by atoms with van der Waals surface area (Å²) in [4.78, 5) is 46.9. The molecule has 0 aromatic carbocycles. The fraction of sp³-hybridized carbons (Fsp3) is 0.357. The van der Waals surface area contributed by atoms with E-state index >= 15 is 0 Å². The number of fused-ring (bicyclic) bond motifs is 1. The van der Waals surface area contributed by atoms with Crippen molar-refractivity contribution in [3.05, 3.63) is 27.8 Å². The third-order valence-corrected chi connectivity index (χ3v) is 3.39. The van der Waals surface area contributed by atoms with Crippen LogP contribution in [0.2, 0.25) is 0 Å². The number of pyridine rings is 1. The molecule has 0 bridgehead atoms. The second-order valence-electron chi connectivity index (χ2n) is 4.27. The van der Waals surface area contributed by atoms with Crippen LogP contribution in [0.15, 0.2) is 16.0 Å². The van der Waals surface area contributed by atoms with Crippen molar-refractivity contribution in [1.29, 1.82) is 0 Å². The largest absolute Gasteiger partial charge is 0.461 e. The van der Waals surface area contributed by atoms with Crippen molar-refractivity contribution >= 4 is 34.6 Å². The topological polar surface area (TPSA) is 111 Å². The molecule has 0 aliphatic carbocycles. The van der Waals surface area contributed by atoms with Crippen LogP contribution < -0.4 is 5.56 Å². The lowest BCUT2D eigenvalue weighted by Crippen LogP contribution is -2.19. The summed E-state index contributed by atoms with van der Waals surface area (Å²) in [6, 6.07) is 1.32. The molecule has 0 radical (unpaired) electrons. The van der Waals surface area contributed by atoms with E-state index in [0.717, 1.165) is 0 Å². The number of hydrogen-bond acceptors (Lipinski definition) is 8. The highest BCUT2D eigenvalue weighted by atomic mass is 32.2. The van der Waals surface area contributed by atoms with Gasteiger partial charge in [0, 0.05) is 0 Å². The molecule has 0 atom stereocenters. The van der Waals surface area contributed by atoms with Crippen LogP contribution in [0, 0.1) is 0 Å². The Kier molecular flexibility index (Phi) is 5.32. The van der Waals surface area contributed by atoms with Gasteiger partial charge in [-0.25, -0.2) is 19.6 Å². The van der Waals surface area contributed by atoms with Gasteiger partial charge in [0.2, 0.25) is 0 Å². The van der Waals surface area contributed by atoms with Gasteiger partial charge in [0.15, 0.2) is 16.5 Å². The molecule has 2 aromatic heterocycles. The van der Waals surface area contributed by atoms with Crippen molar-refractivity contribution in [2.75, 3.05) is 19.5 Å². The normalized spacial score (nSPS) is 10.6. The third kappa shape index (κ3) is 3.50. The molecule has 0 saturated carbocycles. The van der Waals surface area contributed by atoms with Gasteiger partial charge >= 0.3 is 11.9 Å². The second kappa shape index (κ2) is 7.23. The highest BCUT2D eigenvalue weighted by molar-refractivity contribution is 7.98. The van der Waals surface area contributed by atoms with Gasteiger partial charge in [0.05, 0.1) is 24.1 Å². The van der Waals surface area contributed by atoms with E-state index in [1.165, 1.54) is 17.8 Å². The molecule has 2 heterocycles. The van der Waals surface area contributed by atoms with E-state index in [0.29, 0.717) is 5.16 Å². The average Bonchev–Trinajstić information content (AvgIpc) is 2.53. The molecular formula is C14H15N3O5S. The number of aromatic amines is 1. The molecule has 0 saturated heterocycles. The predicted octanol–water partition coefficient (Wildman–Crippen LogP) is 1.39. The average molecular weight is 337 g/mol. The molecule has 0 fully saturated rings. The molecule has 0 amide bonds. The zero-order valence-corrected chi connectivity index (χ0v) is 13.7. The molecule has 2 aromatic rings. The molecule has 8 nitrogen and oxygen atoms in total. The summed E-state index contributed by atoms with van der Waals surface area (Å²) >= 11 is 1.23. The van der Waals surface area contributed by atoms with Crippen molar-refractivity contribution in [1.82, 2.24) is 15.0 Å². The van der Waals surface area contributed by atoms with Gasteiger partial charge in [-0.2, -0.15) is 0 Å². The molecule has 1 N–H and O–H groups in total. The highest BCUT2D eigenvalue weighted by Gasteiger charge is 2.22. The van der Waals surface area contributed by atoms with E-state index in [4.69, 9.17) is 9.47 Å². The van der Waals surface area contributed by atoms with E-state index in [9.17, 15) is 14.4 Å².